The van der Waals surface area contributed by atoms with Crippen molar-refractivity contribution < 1.29 is 9.18 Å². The summed E-state index contributed by atoms with van der Waals surface area (Å²) in [6.45, 7) is 2.38. The standard InChI is InChI=1S/C15H18ClFN2O/c16-13-7-11(17)2-1-10(13)9-19-14(20)12-8-15(12)3-5-18-6-4-15/h1-2,7,12,18H,3-6,8-9H2,(H,19,20). The molecule has 0 bridgehead atoms. The highest BCUT2D eigenvalue weighted by Crippen LogP contribution is 2.58. The first-order chi connectivity index (χ1) is 9.61. The van der Waals surface area contributed by atoms with Gasteiger partial charge in [0, 0.05) is 17.5 Å². The molecule has 1 aliphatic carbocycles. The minimum atomic E-state index is -0.360. The minimum absolute atomic E-state index is 0.104. The molecule has 2 fully saturated rings. The van der Waals surface area contributed by atoms with Crippen LogP contribution in [0.2, 0.25) is 5.02 Å². The van der Waals surface area contributed by atoms with E-state index in [4.69, 9.17) is 11.6 Å². The van der Waals surface area contributed by atoms with E-state index in [1.165, 1.54) is 12.1 Å². The molecular weight excluding hydrogens is 279 g/mol. The Morgan fingerprint density at radius 3 is 2.90 bits per heavy atom. The number of carbonyl (C=O) groups is 1. The first-order valence-corrected chi connectivity index (χ1v) is 7.41. The van der Waals surface area contributed by atoms with Crippen LogP contribution in [0.15, 0.2) is 18.2 Å². The lowest BCUT2D eigenvalue weighted by Gasteiger charge is -2.23. The third-order valence-electron chi connectivity index (χ3n) is 4.57. The number of hydrogen-bond donors (Lipinski definition) is 2. The van der Waals surface area contributed by atoms with Crippen LogP contribution in [0.25, 0.3) is 0 Å². The van der Waals surface area contributed by atoms with Gasteiger partial charge in [-0.25, -0.2) is 4.39 Å². The van der Waals surface area contributed by atoms with Crippen molar-refractivity contribution in [1.82, 2.24) is 10.6 Å². The summed E-state index contributed by atoms with van der Waals surface area (Å²) in [6.07, 6.45) is 3.17. The molecule has 1 aliphatic heterocycles. The molecule has 3 rings (SSSR count). The largest absolute Gasteiger partial charge is 0.352 e. The van der Waals surface area contributed by atoms with Crippen molar-refractivity contribution >= 4 is 17.5 Å². The van der Waals surface area contributed by atoms with E-state index >= 15 is 0 Å². The van der Waals surface area contributed by atoms with Gasteiger partial charge in [0.1, 0.15) is 5.82 Å². The van der Waals surface area contributed by atoms with Crippen LogP contribution < -0.4 is 10.6 Å². The van der Waals surface area contributed by atoms with Crippen LogP contribution in [0.5, 0.6) is 0 Å². The highest BCUT2D eigenvalue weighted by molar-refractivity contribution is 6.31. The molecule has 1 saturated carbocycles. The Balaban J connectivity index is 1.55. The second-order valence-corrected chi connectivity index (χ2v) is 6.23. The van der Waals surface area contributed by atoms with Crippen LogP contribution >= 0.6 is 11.6 Å². The van der Waals surface area contributed by atoms with Gasteiger partial charge in [-0.05, 0) is 55.5 Å². The lowest BCUT2D eigenvalue weighted by atomic mass is 9.92. The summed E-state index contributed by atoms with van der Waals surface area (Å²) >= 11 is 5.95. The van der Waals surface area contributed by atoms with Crippen molar-refractivity contribution in [1.29, 1.82) is 0 Å². The molecule has 0 radical (unpaired) electrons. The molecule has 1 saturated heterocycles. The van der Waals surface area contributed by atoms with E-state index in [1.54, 1.807) is 6.07 Å². The van der Waals surface area contributed by atoms with Crippen molar-refractivity contribution in [3.8, 4) is 0 Å². The summed E-state index contributed by atoms with van der Waals surface area (Å²) in [4.78, 5) is 12.2. The first kappa shape index (κ1) is 13.8. The number of rotatable bonds is 3. The van der Waals surface area contributed by atoms with E-state index in [-0.39, 0.29) is 23.1 Å². The number of carbonyl (C=O) groups excluding carboxylic acids is 1. The lowest BCUT2D eigenvalue weighted by Crippen LogP contribution is -2.33. The van der Waals surface area contributed by atoms with E-state index in [1.807, 2.05) is 0 Å². The molecule has 1 heterocycles. The van der Waals surface area contributed by atoms with Crippen molar-refractivity contribution in [3.05, 3.63) is 34.6 Å². The normalized spacial score (nSPS) is 23.6. The van der Waals surface area contributed by atoms with Crippen LogP contribution in [0.1, 0.15) is 24.8 Å². The van der Waals surface area contributed by atoms with Gasteiger partial charge in [-0.2, -0.15) is 0 Å². The number of piperidine rings is 1. The van der Waals surface area contributed by atoms with Gasteiger partial charge in [-0.15, -0.1) is 0 Å². The van der Waals surface area contributed by atoms with E-state index in [0.29, 0.717) is 11.6 Å². The van der Waals surface area contributed by atoms with Crippen LogP contribution in [0, 0.1) is 17.2 Å². The third kappa shape index (κ3) is 2.67. The Hall–Kier alpha value is -1.13. The molecule has 1 atom stereocenters. The van der Waals surface area contributed by atoms with Gasteiger partial charge in [0.15, 0.2) is 0 Å². The fraction of sp³-hybridized carbons (Fsp3) is 0.533. The molecule has 1 spiro atoms. The van der Waals surface area contributed by atoms with E-state index in [2.05, 4.69) is 10.6 Å². The molecule has 1 aromatic rings. The average Bonchev–Trinajstić information content (AvgIpc) is 3.12. The second-order valence-electron chi connectivity index (χ2n) is 5.82. The summed E-state index contributed by atoms with van der Waals surface area (Å²) < 4.78 is 12.9. The van der Waals surface area contributed by atoms with Crippen LogP contribution in [-0.4, -0.2) is 19.0 Å². The number of nitrogens with one attached hydrogen (secondary N) is 2. The van der Waals surface area contributed by atoms with Gasteiger partial charge >= 0.3 is 0 Å². The zero-order valence-corrected chi connectivity index (χ0v) is 12.0. The Kier molecular flexibility index (Phi) is 3.69. The zero-order valence-electron chi connectivity index (χ0n) is 11.2. The SMILES string of the molecule is O=C(NCc1ccc(F)cc1Cl)C1CC12CCNCC2. The van der Waals surface area contributed by atoms with Crippen molar-refractivity contribution in [2.45, 2.75) is 25.8 Å². The maximum atomic E-state index is 12.9. The summed E-state index contributed by atoms with van der Waals surface area (Å²) in [7, 11) is 0. The number of hydrogen-bond acceptors (Lipinski definition) is 2. The molecule has 0 aromatic heterocycles. The van der Waals surface area contributed by atoms with Gasteiger partial charge in [-0.1, -0.05) is 17.7 Å². The zero-order chi connectivity index (χ0) is 14.2. The fourth-order valence-corrected chi connectivity index (χ4v) is 3.40. The highest BCUT2D eigenvalue weighted by atomic mass is 35.5. The topological polar surface area (TPSA) is 41.1 Å². The molecule has 20 heavy (non-hydrogen) atoms. The molecule has 5 heteroatoms. The molecule has 2 N–H and O–H groups in total. The fourth-order valence-electron chi connectivity index (χ4n) is 3.17. The van der Waals surface area contributed by atoms with Gasteiger partial charge in [0.25, 0.3) is 0 Å². The van der Waals surface area contributed by atoms with Crippen molar-refractivity contribution in [2.75, 3.05) is 13.1 Å². The van der Waals surface area contributed by atoms with Gasteiger partial charge in [-0.3, -0.25) is 4.79 Å². The number of benzene rings is 1. The maximum absolute atomic E-state index is 12.9. The average molecular weight is 297 g/mol. The summed E-state index contributed by atoms with van der Waals surface area (Å²) in [5.74, 6) is -0.114. The van der Waals surface area contributed by atoms with Crippen LogP contribution in [-0.2, 0) is 11.3 Å². The van der Waals surface area contributed by atoms with E-state index in [0.717, 1.165) is 37.9 Å². The summed E-state index contributed by atoms with van der Waals surface area (Å²) in [5, 5.41) is 6.61. The summed E-state index contributed by atoms with van der Waals surface area (Å²) in [6, 6.07) is 4.25. The molecular formula is C15H18ClFN2O. The van der Waals surface area contributed by atoms with Crippen LogP contribution in [0.3, 0.4) is 0 Å². The maximum Gasteiger partial charge on any atom is 0.223 e. The predicted octanol–water partition coefficient (Wildman–Crippen LogP) is 2.49. The lowest BCUT2D eigenvalue weighted by molar-refractivity contribution is -0.123. The quantitative estimate of drug-likeness (QED) is 0.900. The number of halogens is 2. The van der Waals surface area contributed by atoms with Crippen molar-refractivity contribution in [3.63, 3.8) is 0 Å². The smallest absolute Gasteiger partial charge is 0.223 e. The van der Waals surface area contributed by atoms with Gasteiger partial charge in [0.05, 0.1) is 0 Å². The monoisotopic (exact) mass is 296 g/mol. The molecule has 1 amide bonds. The van der Waals surface area contributed by atoms with Crippen molar-refractivity contribution in [2.24, 2.45) is 11.3 Å². The molecule has 1 unspecified atom stereocenters. The highest BCUT2D eigenvalue weighted by Gasteiger charge is 2.57. The Labute approximate surface area is 122 Å². The predicted molar refractivity (Wildman–Crippen MR) is 75.9 cm³/mol. The molecule has 1 aromatic carbocycles. The van der Waals surface area contributed by atoms with E-state index < -0.39 is 0 Å². The van der Waals surface area contributed by atoms with Gasteiger partial charge in [0.2, 0.25) is 5.91 Å². The Morgan fingerprint density at radius 1 is 1.45 bits per heavy atom. The second kappa shape index (κ2) is 5.34. The molecule has 3 nitrogen and oxygen atoms in total. The first-order valence-electron chi connectivity index (χ1n) is 7.03. The number of amides is 1. The minimum Gasteiger partial charge on any atom is -0.352 e. The van der Waals surface area contributed by atoms with Crippen LogP contribution in [0.4, 0.5) is 4.39 Å². The third-order valence-corrected chi connectivity index (χ3v) is 4.93. The van der Waals surface area contributed by atoms with Gasteiger partial charge < -0.3 is 10.6 Å². The Bertz CT molecular complexity index is 529. The molecule has 108 valence electrons. The Morgan fingerprint density at radius 2 is 2.20 bits per heavy atom. The molecule has 2 aliphatic rings. The van der Waals surface area contributed by atoms with E-state index in [9.17, 15) is 9.18 Å². The summed E-state index contributed by atoms with van der Waals surface area (Å²) in [5.41, 5.74) is 0.989.